The largest absolute Gasteiger partial charge is 0.478 e. The molecule has 0 N–H and O–H groups in total. The Kier molecular flexibility index (Phi) is 4.92. The van der Waals surface area contributed by atoms with Crippen LogP contribution in [0.15, 0.2) is 54.6 Å². The molecule has 0 aliphatic carbocycles. The molecule has 1 saturated heterocycles. The molecule has 2 aromatic rings. The minimum absolute atomic E-state index is 0.0290. The summed E-state index contributed by atoms with van der Waals surface area (Å²) in [5, 5.41) is 0. The number of rotatable bonds is 3. The van der Waals surface area contributed by atoms with Gasteiger partial charge in [-0.1, -0.05) is 24.3 Å². The van der Waals surface area contributed by atoms with E-state index in [1.165, 1.54) is 13.2 Å². The maximum Gasteiger partial charge on any atom is 0.330 e. The molecule has 0 bridgehead atoms. The van der Waals surface area contributed by atoms with Gasteiger partial charge in [0.05, 0.1) is 12.7 Å². The number of esters is 1. The van der Waals surface area contributed by atoms with Gasteiger partial charge in [-0.3, -0.25) is 9.59 Å². The average molecular weight is 391 g/mol. The predicted octanol–water partition coefficient (Wildman–Crippen LogP) is 3.12. The van der Waals surface area contributed by atoms with Crippen LogP contribution in [0.4, 0.5) is 0 Å². The molecule has 0 aromatic heterocycles. The second-order valence-electron chi connectivity index (χ2n) is 7.20. The highest BCUT2D eigenvalue weighted by Gasteiger charge is 2.50. The first-order valence-corrected chi connectivity index (χ1v) is 9.51. The van der Waals surface area contributed by atoms with E-state index in [-0.39, 0.29) is 11.7 Å². The minimum atomic E-state index is -0.916. The minimum Gasteiger partial charge on any atom is -0.478 e. The predicted molar refractivity (Wildman–Crippen MR) is 107 cm³/mol. The number of carbonyl (C=O) groups is 3. The molecule has 29 heavy (non-hydrogen) atoms. The van der Waals surface area contributed by atoms with Gasteiger partial charge in [0.25, 0.3) is 5.91 Å². The maximum absolute atomic E-state index is 13.1. The van der Waals surface area contributed by atoms with E-state index in [1.54, 1.807) is 41.3 Å². The normalized spacial score (nSPS) is 17.3. The third-order valence-electron chi connectivity index (χ3n) is 5.46. The Morgan fingerprint density at radius 1 is 1.10 bits per heavy atom. The van der Waals surface area contributed by atoms with Crippen molar-refractivity contribution in [1.29, 1.82) is 0 Å². The third-order valence-corrected chi connectivity index (χ3v) is 5.46. The van der Waals surface area contributed by atoms with Gasteiger partial charge < -0.3 is 14.4 Å². The number of hydrogen-bond donors (Lipinski definition) is 0. The van der Waals surface area contributed by atoms with Crippen LogP contribution in [0.2, 0.25) is 0 Å². The van der Waals surface area contributed by atoms with Crippen molar-refractivity contribution in [2.45, 2.75) is 18.4 Å². The Bertz CT molecular complexity index is 988. The van der Waals surface area contributed by atoms with Crippen molar-refractivity contribution in [3.63, 3.8) is 0 Å². The second kappa shape index (κ2) is 7.54. The van der Waals surface area contributed by atoms with Crippen LogP contribution in [0.25, 0.3) is 6.08 Å². The summed E-state index contributed by atoms with van der Waals surface area (Å²) in [6.45, 7) is 0.922. The Hall–Kier alpha value is -3.41. The number of ketones is 1. The van der Waals surface area contributed by atoms with Gasteiger partial charge in [-0.05, 0) is 35.9 Å². The van der Waals surface area contributed by atoms with Crippen LogP contribution in [-0.4, -0.2) is 48.4 Å². The smallest absolute Gasteiger partial charge is 0.330 e. The SMILES string of the molecule is COC(=O)C=Cc1ccc2c(c1)C(=O)C1(CCN(C(=O)c3ccccc3)CC1)O2. The lowest BCUT2D eigenvalue weighted by Crippen LogP contribution is -2.51. The topological polar surface area (TPSA) is 72.9 Å². The first-order valence-electron chi connectivity index (χ1n) is 9.51. The number of ether oxygens (including phenoxy) is 2. The number of Topliss-reactive ketones (excluding diaryl/α,β-unsaturated/α-hetero) is 1. The lowest BCUT2D eigenvalue weighted by Gasteiger charge is -2.37. The van der Waals surface area contributed by atoms with Crippen LogP contribution in [0.5, 0.6) is 5.75 Å². The molecule has 1 amide bonds. The van der Waals surface area contributed by atoms with Crippen molar-refractivity contribution in [2.75, 3.05) is 20.2 Å². The number of nitrogens with zero attached hydrogens (tertiary/aromatic N) is 1. The molecule has 2 aliphatic heterocycles. The number of hydrogen-bond acceptors (Lipinski definition) is 5. The van der Waals surface area contributed by atoms with E-state index in [4.69, 9.17) is 4.74 Å². The number of methoxy groups -OCH3 is 1. The van der Waals surface area contributed by atoms with Crippen LogP contribution in [0.3, 0.4) is 0 Å². The molecule has 6 nitrogen and oxygen atoms in total. The zero-order chi connectivity index (χ0) is 20.4. The molecule has 0 unspecified atom stereocenters. The fourth-order valence-corrected chi connectivity index (χ4v) is 3.82. The highest BCUT2D eigenvalue weighted by atomic mass is 16.5. The highest BCUT2D eigenvalue weighted by Crippen LogP contribution is 2.41. The monoisotopic (exact) mass is 391 g/mol. The highest BCUT2D eigenvalue weighted by molar-refractivity contribution is 6.08. The molecule has 0 atom stereocenters. The molecular weight excluding hydrogens is 370 g/mol. The zero-order valence-corrected chi connectivity index (χ0v) is 16.1. The van der Waals surface area contributed by atoms with E-state index in [9.17, 15) is 14.4 Å². The van der Waals surface area contributed by atoms with Gasteiger partial charge in [0, 0.05) is 37.6 Å². The van der Waals surface area contributed by atoms with E-state index < -0.39 is 11.6 Å². The average Bonchev–Trinajstić information content (AvgIpc) is 3.03. The van der Waals surface area contributed by atoms with Crippen LogP contribution < -0.4 is 4.74 Å². The number of likely N-dealkylation sites (tertiary alicyclic amines) is 1. The van der Waals surface area contributed by atoms with Gasteiger partial charge in [0.2, 0.25) is 5.78 Å². The first-order chi connectivity index (χ1) is 14.0. The van der Waals surface area contributed by atoms with Crippen LogP contribution in [0.1, 0.15) is 39.1 Å². The van der Waals surface area contributed by atoms with Gasteiger partial charge in [-0.2, -0.15) is 0 Å². The summed E-state index contributed by atoms with van der Waals surface area (Å²) in [4.78, 5) is 38.8. The third kappa shape index (κ3) is 3.53. The fraction of sp³-hybridized carbons (Fsp3) is 0.261. The van der Waals surface area contributed by atoms with Crippen molar-refractivity contribution in [1.82, 2.24) is 4.90 Å². The second-order valence-corrected chi connectivity index (χ2v) is 7.20. The number of carbonyl (C=O) groups excluding carboxylic acids is 3. The standard InChI is InChI=1S/C23H21NO5/c1-28-20(25)10-8-16-7-9-19-18(15-16)21(26)23(29-19)11-13-24(14-12-23)22(27)17-5-3-2-4-6-17/h2-10,15H,11-14H2,1H3. The molecule has 148 valence electrons. The lowest BCUT2D eigenvalue weighted by atomic mass is 9.85. The van der Waals surface area contributed by atoms with Crippen LogP contribution in [0, 0.1) is 0 Å². The molecule has 0 saturated carbocycles. The van der Waals surface area contributed by atoms with Crippen molar-refractivity contribution < 1.29 is 23.9 Å². The van der Waals surface area contributed by atoms with Gasteiger partial charge in [-0.25, -0.2) is 4.79 Å². The number of benzene rings is 2. The van der Waals surface area contributed by atoms with Crippen molar-refractivity contribution >= 4 is 23.7 Å². The number of piperidine rings is 1. The molecule has 2 aromatic carbocycles. The van der Waals surface area contributed by atoms with Crippen molar-refractivity contribution in [3.8, 4) is 5.75 Å². The van der Waals surface area contributed by atoms with Gasteiger partial charge in [-0.15, -0.1) is 0 Å². The summed E-state index contributed by atoms with van der Waals surface area (Å²) < 4.78 is 10.7. The van der Waals surface area contributed by atoms with Crippen LogP contribution in [-0.2, 0) is 9.53 Å². The summed E-state index contributed by atoms with van der Waals surface area (Å²) in [5.41, 5.74) is 0.965. The summed E-state index contributed by atoms with van der Waals surface area (Å²) in [6.07, 6.45) is 3.82. The molecule has 1 fully saturated rings. The molecule has 2 heterocycles. The molecule has 1 spiro atoms. The van der Waals surface area contributed by atoms with Gasteiger partial charge in [0.1, 0.15) is 5.75 Å². The zero-order valence-electron chi connectivity index (χ0n) is 16.1. The van der Waals surface area contributed by atoms with E-state index >= 15 is 0 Å². The van der Waals surface area contributed by atoms with Gasteiger partial charge in [0.15, 0.2) is 5.60 Å². The Labute approximate surface area is 168 Å². The Balaban J connectivity index is 1.48. The van der Waals surface area contributed by atoms with Crippen LogP contribution >= 0.6 is 0 Å². The number of fused-ring (bicyclic) bond motifs is 1. The molecule has 2 aliphatic rings. The van der Waals surface area contributed by atoms with E-state index in [1.807, 2.05) is 18.2 Å². The van der Waals surface area contributed by atoms with Crippen molar-refractivity contribution in [2.24, 2.45) is 0 Å². The first kappa shape index (κ1) is 18.9. The summed E-state index contributed by atoms with van der Waals surface area (Å²) in [5.74, 6) is -0.000624. The summed E-state index contributed by atoms with van der Waals surface area (Å²) in [6, 6.07) is 14.4. The molecular formula is C23H21NO5. The van der Waals surface area contributed by atoms with E-state index in [0.29, 0.717) is 42.8 Å². The van der Waals surface area contributed by atoms with Crippen molar-refractivity contribution in [3.05, 3.63) is 71.3 Å². The molecule has 4 rings (SSSR count). The fourth-order valence-electron chi connectivity index (χ4n) is 3.82. The Morgan fingerprint density at radius 2 is 1.83 bits per heavy atom. The number of amides is 1. The quantitative estimate of drug-likeness (QED) is 0.594. The Morgan fingerprint density at radius 3 is 2.52 bits per heavy atom. The maximum atomic E-state index is 13.1. The lowest BCUT2D eigenvalue weighted by molar-refractivity contribution is -0.134. The van der Waals surface area contributed by atoms with Gasteiger partial charge >= 0.3 is 5.97 Å². The molecule has 6 heteroatoms. The van der Waals surface area contributed by atoms with E-state index in [2.05, 4.69) is 4.74 Å². The summed E-state index contributed by atoms with van der Waals surface area (Å²) in [7, 11) is 1.31. The van der Waals surface area contributed by atoms with E-state index in [0.717, 1.165) is 5.56 Å². The molecule has 0 radical (unpaired) electrons. The summed E-state index contributed by atoms with van der Waals surface area (Å²) >= 11 is 0.